The summed E-state index contributed by atoms with van der Waals surface area (Å²) in [6.45, 7) is 2.61. The number of carbonyl (C=O) groups excluding carboxylic acids is 2. The minimum Gasteiger partial charge on any atom is -0.484 e. The molecule has 4 rings (SSSR count). The van der Waals surface area contributed by atoms with Crippen molar-refractivity contribution in [3.63, 3.8) is 0 Å². The third-order valence-corrected chi connectivity index (χ3v) is 4.86. The first-order valence-electron chi connectivity index (χ1n) is 10.1. The molecule has 1 aromatic heterocycles. The number of aromatic nitrogens is 1. The van der Waals surface area contributed by atoms with E-state index in [1.54, 1.807) is 29.2 Å². The predicted octanol–water partition coefficient (Wildman–Crippen LogP) is 4.33. The summed E-state index contributed by atoms with van der Waals surface area (Å²) in [7, 11) is 0. The van der Waals surface area contributed by atoms with Crippen LogP contribution < -0.4 is 19.7 Å². The lowest BCUT2D eigenvalue weighted by molar-refractivity contribution is -0.118. The molecule has 1 N–H and O–H groups in total. The van der Waals surface area contributed by atoms with Crippen molar-refractivity contribution in [2.24, 2.45) is 0 Å². The van der Waals surface area contributed by atoms with Crippen LogP contribution in [0.2, 0.25) is 0 Å². The van der Waals surface area contributed by atoms with Crippen LogP contribution in [0.15, 0.2) is 66.9 Å². The molecule has 0 atom stereocenters. The highest BCUT2D eigenvalue weighted by atomic mass is 16.5. The van der Waals surface area contributed by atoms with Gasteiger partial charge in [0.25, 0.3) is 5.91 Å². The molecule has 2 amide bonds. The van der Waals surface area contributed by atoms with Crippen molar-refractivity contribution in [2.75, 3.05) is 23.4 Å². The van der Waals surface area contributed by atoms with Crippen LogP contribution in [0.1, 0.15) is 18.4 Å². The van der Waals surface area contributed by atoms with Crippen LogP contribution in [-0.4, -0.2) is 29.9 Å². The first-order valence-corrected chi connectivity index (χ1v) is 10.1. The zero-order chi connectivity index (χ0) is 21.6. The number of anilines is 2. The van der Waals surface area contributed by atoms with Gasteiger partial charge in [0.1, 0.15) is 11.5 Å². The van der Waals surface area contributed by atoms with Gasteiger partial charge in [-0.3, -0.25) is 9.59 Å². The van der Waals surface area contributed by atoms with Crippen LogP contribution in [0, 0.1) is 6.92 Å². The maximum absolute atomic E-state index is 12.2. The SMILES string of the molecule is Cc1ccc(Oc2ccc(NC(=O)COc3ccc(N4CCCC4=O)cc3)cn2)cc1. The standard InChI is InChI=1S/C24H23N3O4/c1-17-4-9-21(10-5-17)31-23-13-6-18(15-25-23)26-22(28)16-30-20-11-7-19(8-12-20)27-14-2-3-24(27)29/h4-13,15H,2-3,14,16H2,1H3,(H,26,28). The lowest BCUT2D eigenvalue weighted by atomic mass is 10.2. The molecule has 2 heterocycles. The fourth-order valence-electron chi connectivity index (χ4n) is 3.23. The fraction of sp³-hybridized carbons (Fsp3) is 0.208. The van der Waals surface area contributed by atoms with Gasteiger partial charge in [-0.1, -0.05) is 17.7 Å². The van der Waals surface area contributed by atoms with E-state index < -0.39 is 0 Å². The number of nitrogens with one attached hydrogen (secondary N) is 1. The predicted molar refractivity (Wildman–Crippen MR) is 118 cm³/mol. The minimum absolute atomic E-state index is 0.135. The van der Waals surface area contributed by atoms with E-state index in [0.717, 1.165) is 24.2 Å². The van der Waals surface area contributed by atoms with E-state index in [0.29, 0.717) is 29.5 Å². The molecular formula is C24H23N3O4. The Balaban J connectivity index is 1.25. The van der Waals surface area contributed by atoms with Crippen LogP contribution in [0.25, 0.3) is 0 Å². The average Bonchev–Trinajstić information content (AvgIpc) is 3.21. The number of hydrogen-bond donors (Lipinski definition) is 1. The largest absolute Gasteiger partial charge is 0.484 e. The Morgan fingerprint density at radius 2 is 1.77 bits per heavy atom. The molecule has 0 saturated carbocycles. The Labute approximate surface area is 180 Å². The number of aryl methyl sites for hydroxylation is 1. The third kappa shape index (κ3) is 5.39. The van der Waals surface area contributed by atoms with Gasteiger partial charge in [-0.05, 0) is 55.8 Å². The minimum atomic E-state index is -0.298. The van der Waals surface area contributed by atoms with Gasteiger partial charge in [0, 0.05) is 24.7 Å². The van der Waals surface area contributed by atoms with Crippen molar-refractivity contribution in [3.8, 4) is 17.4 Å². The molecule has 0 spiro atoms. The molecule has 1 fully saturated rings. The fourth-order valence-corrected chi connectivity index (χ4v) is 3.23. The number of pyridine rings is 1. The van der Waals surface area contributed by atoms with Gasteiger partial charge >= 0.3 is 0 Å². The van der Waals surface area contributed by atoms with E-state index in [9.17, 15) is 9.59 Å². The first kappa shape index (κ1) is 20.4. The topological polar surface area (TPSA) is 80.8 Å². The Kier molecular flexibility index (Phi) is 6.12. The molecular weight excluding hydrogens is 394 g/mol. The normalized spacial score (nSPS) is 13.2. The van der Waals surface area contributed by atoms with Gasteiger partial charge in [0.05, 0.1) is 11.9 Å². The highest BCUT2D eigenvalue weighted by molar-refractivity contribution is 5.95. The van der Waals surface area contributed by atoms with Crippen molar-refractivity contribution in [3.05, 3.63) is 72.4 Å². The summed E-state index contributed by atoms with van der Waals surface area (Å²) in [5.41, 5.74) is 2.55. The van der Waals surface area contributed by atoms with E-state index in [4.69, 9.17) is 9.47 Å². The number of ether oxygens (including phenoxy) is 2. The number of hydrogen-bond acceptors (Lipinski definition) is 5. The third-order valence-electron chi connectivity index (χ3n) is 4.86. The Bertz CT molecular complexity index is 1050. The molecule has 0 aliphatic carbocycles. The zero-order valence-corrected chi connectivity index (χ0v) is 17.2. The van der Waals surface area contributed by atoms with Crippen molar-refractivity contribution >= 4 is 23.2 Å². The van der Waals surface area contributed by atoms with Crippen LogP contribution in [0.4, 0.5) is 11.4 Å². The maximum atomic E-state index is 12.2. The Hall–Kier alpha value is -3.87. The van der Waals surface area contributed by atoms with Crippen LogP contribution in [-0.2, 0) is 9.59 Å². The molecule has 1 saturated heterocycles. The van der Waals surface area contributed by atoms with E-state index in [2.05, 4.69) is 10.3 Å². The van der Waals surface area contributed by atoms with E-state index >= 15 is 0 Å². The van der Waals surface area contributed by atoms with E-state index in [1.807, 2.05) is 43.3 Å². The first-order chi connectivity index (χ1) is 15.1. The molecule has 0 radical (unpaired) electrons. The number of amides is 2. The Morgan fingerprint density at radius 1 is 1.03 bits per heavy atom. The molecule has 0 unspecified atom stereocenters. The van der Waals surface area contributed by atoms with E-state index in [1.165, 1.54) is 6.20 Å². The summed E-state index contributed by atoms with van der Waals surface area (Å²) < 4.78 is 11.2. The smallest absolute Gasteiger partial charge is 0.262 e. The summed E-state index contributed by atoms with van der Waals surface area (Å²) in [5.74, 6) is 1.54. The summed E-state index contributed by atoms with van der Waals surface area (Å²) in [6, 6.07) is 18.2. The quantitative estimate of drug-likeness (QED) is 0.619. The van der Waals surface area contributed by atoms with Gasteiger partial charge in [0.2, 0.25) is 11.8 Å². The van der Waals surface area contributed by atoms with Crippen molar-refractivity contribution in [1.82, 2.24) is 4.98 Å². The summed E-state index contributed by atoms with van der Waals surface area (Å²) in [6.07, 6.45) is 3.00. The second-order valence-electron chi connectivity index (χ2n) is 7.28. The summed E-state index contributed by atoms with van der Waals surface area (Å²) in [5, 5.41) is 2.74. The van der Waals surface area contributed by atoms with Gasteiger partial charge < -0.3 is 19.7 Å². The number of nitrogens with zero attached hydrogens (tertiary/aromatic N) is 2. The molecule has 3 aromatic rings. The highest BCUT2D eigenvalue weighted by Crippen LogP contribution is 2.24. The van der Waals surface area contributed by atoms with E-state index in [-0.39, 0.29) is 18.4 Å². The summed E-state index contributed by atoms with van der Waals surface area (Å²) in [4.78, 5) is 29.9. The molecule has 31 heavy (non-hydrogen) atoms. The monoisotopic (exact) mass is 417 g/mol. The molecule has 1 aliphatic rings. The maximum Gasteiger partial charge on any atom is 0.262 e. The Morgan fingerprint density at radius 3 is 2.42 bits per heavy atom. The van der Waals surface area contributed by atoms with Gasteiger partial charge in [-0.2, -0.15) is 0 Å². The highest BCUT2D eigenvalue weighted by Gasteiger charge is 2.21. The van der Waals surface area contributed by atoms with Crippen molar-refractivity contribution < 1.29 is 19.1 Å². The average molecular weight is 417 g/mol. The molecule has 7 heteroatoms. The van der Waals surface area contributed by atoms with Gasteiger partial charge in [-0.25, -0.2) is 4.98 Å². The second-order valence-corrected chi connectivity index (χ2v) is 7.28. The second kappa shape index (κ2) is 9.30. The van der Waals surface area contributed by atoms with Crippen LogP contribution >= 0.6 is 0 Å². The molecule has 1 aliphatic heterocycles. The molecule has 7 nitrogen and oxygen atoms in total. The number of rotatable bonds is 7. The lowest BCUT2D eigenvalue weighted by Crippen LogP contribution is -2.23. The number of carbonyl (C=O) groups is 2. The molecule has 0 bridgehead atoms. The lowest BCUT2D eigenvalue weighted by Gasteiger charge is -2.16. The van der Waals surface area contributed by atoms with Crippen LogP contribution in [0.3, 0.4) is 0 Å². The summed E-state index contributed by atoms with van der Waals surface area (Å²) >= 11 is 0. The molecule has 158 valence electrons. The zero-order valence-electron chi connectivity index (χ0n) is 17.2. The number of benzene rings is 2. The van der Waals surface area contributed by atoms with Crippen molar-refractivity contribution in [2.45, 2.75) is 19.8 Å². The molecule has 2 aromatic carbocycles. The van der Waals surface area contributed by atoms with Gasteiger partial charge in [0.15, 0.2) is 6.61 Å². The van der Waals surface area contributed by atoms with Gasteiger partial charge in [-0.15, -0.1) is 0 Å². The van der Waals surface area contributed by atoms with Crippen molar-refractivity contribution in [1.29, 1.82) is 0 Å². The van der Waals surface area contributed by atoms with Crippen LogP contribution in [0.5, 0.6) is 17.4 Å².